The van der Waals surface area contributed by atoms with Crippen LogP contribution in [0.3, 0.4) is 0 Å². The number of hydrogen-bond acceptors (Lipinski definition) is 5. The maximum Gasteiger partial charge on any atom is 0.267 e. The normalized spacial score (nSPS) is 11.4. The molecule has 4 aromatic rings. The molecule has 7 heteroatoms. The minimum Gasteiger partial charge on any atom is -0.497 e. The maximum atomic E-state index is 12.7. The Morgan fingerprint density at radius 1 is 1.15 bits per heavy atom. The Morgan fingerprint density at radius 3 is 2.85 bits per heavy atom. The molecule has 3 heterocycles. The van der Waals surface area contributed by atoms with Gasteiger partial charge in [-0.2, -0.15) is 10.3 Å². The first-order chi connectivity index (χ1) is 9.78. The van der Waals surface area contributed by atoms with Crippen molar-refractivity contribution in [1.29, 1.82) is 0 Å². The minimum atomic E-state index is -0.191. The molecule has 0 saturated heterocycles. The van der Waals surface area contributed by atoms with Gasteiger partial charge in [-0.3, -0.25) is 4.79 Å². The fraction of sp³-hybridized carbons (Fsp3) is 0.0769. The number of hydrogen-bond donors (Lipinski definition) is 1. The molecule has 1 aromatic carbocycles. The monoisotopic (exact) mass is 267 g/mol. The van der Waals surface area contributed by atoms with Gasteiger partial charge in [0.05, 0.1) is 18.0 Å². The van der Waals surface area contributed by atoms with E-state index in [0.717, 1.165) is 0 Å². The Labute approximate surface area is 111 Å². The molecule has 0 fully saturated rings. The van der Waals surface area contributed by atoms with Crippen LogP contribution in [0.25, 0.3) is 27.7 Å². The van der Waals surface area contributed by atoms with E-state index in [9.17, 15) is 4.79 Å². The highest BCUT2D eigenvalue weighted by atomic mass is 16.5. The predicted molar refractivity (Wildman–Crippen MR) is 73.0 cm³/mol. The number of fused-ring (bicyclic) bond motifs is 4. The molecule has 0 saturated carbocycles. The molecule has 0 unspecified atom stereocenters. The highest BCUT2D eigenvalue weighted by Gasteiger charge is 2.11. The molecule has 20 heavy (non-hydrogen) atoms. The number of pyridine rings is 1. The van der Waals surface area contributed by atoms with Crippen molar-refractivity contribution in [3.63, 3.8) is 0 Å². The summed E-state index contributed by atoms with van der Waals surface area (Å²) in [6, 6.07) is 8.74. The second kappa shape index (κ2) is 3.77. The highest BCUT2D eigenvalue weighted by molar-refractivity contribution is 5.83. The van der Waals surface area contributed by atoms with Crippen molar-refractivity contribution < 1.29 is 4.74 Å². The zero-order chi connectivity index (χ0) is 13.7. The van der Waals surface area contributed by atoms with Gasteiger partial charge in [-0.1, -0.05) is 0 Å². The zero-order valence-electron chi connectivity index (χ0n) is 10.5. The average molecular weight is 267 g/mol. The number of nitrogens with one attached hydrogen (secondary N) is 1. The SMILES string of the molecule is COc1ccc2nc3ccc4n[nH]nc4n3c(=O)c2c1. The average Bonchev–Trinajstić information content (AvgIpc) is 2.95. The molecule has 0 aliphatic carbocycles. The number of aromatic nitrogens is 5. The molecule has 0 aliphatic rings. The molecule has 0 amide bonds. The van der Waals surface area contributed by atoms with Gasteiger partial charge in [-0.25, -0.2) is 9.38 Å². The lowest BCUT2D eigenvalue weighted by atomic mass is 10.2. The van der Waals surface area contributed by atoms with Gasteiger partial charge in [0.15, 0.2) is 5.65 Å². The standard InChI is InChI=1S/C13H9N5O2/c1-20-7-2-3-9-8(6-7)13(19)18-11(14-9)5-4-10-12(18)16-17-15-10/h2-6H,1H3,(H,15,16,17). The first-order valence-electron chi connectivity index (χ1n) is 5.98. The third-order valence-electron chi connectivity index (χ3n) is 3.26. The van der Waals surface area contributed by atoms with Gasteiger partial charge in [0, 0.05) is 0 Å². The molecule has 4 rings (SSSR count). The fourth-order valence-corrected chi connectivity index (χ4v) is 2.29. The molecule has 0 atom stereocenters. The molecular formula is C13H9N5O2. The molecule has 98 valence electrons. The van der Waals surface area contributed by atoms with Crippen molar-refractivity contribution in [3.05, 3.63) is 40.7 Å². The summed E-state index contributed by atoms with van der Waals surface area (Å²) in [7, 11) is 1.56. The number of ether oxygens (including phenoxy) is 1. The van der Waals surface area contributed by atoms with Gasteiger partial charge >= 0.3 is 0 Å². The zero-order valence-corrected chi connectivity index (χ0v) is 10.5. The van der Waals surface area contributed by atoms with Crippen molar-refractivity contribution in [2.45, 2.75) is 0 Å². The van der Waals surface area contributed by atoms with Crippen LogP contribution in [-0.2, 0) is 0 Å². The Morgan fingerprint density at radius 2 is 2.00 bits per heavy atom. The van der Waals surface area contributed by atoms with Crippen LogP contribution in [-0.4, -0.2) is 31.9 Å². The van der Waals surface area contributed by atoms with Gasteiger partial charge in [0.2, 0.25) is 0 Å². The number of H-pyrrole nitrogens is 1. The second-order valence-electron chi connectivity index (χ2n) is 4.36. The smallest absolute Gasteiger partial charge is 0.267 e. The number of rotatable bonds is 1. The molecular weight excluding hydrogens is 258 g/mol. The fourth-order valence-electron chi connectivity index (χ4n) is 2.29. The van der Waals surface area contributed by atoms with Crippen LogP contribution in [0.4, 0.5) is 0 Å². The number of nitrogens with zero attached hydrogens (tertiary/aromatic N) is 4. The Hall–Kier alpha value is -2.96. The van der Waals surface area contributed by atoms with Gasteiger partial charge < -0.3 is 4.74 Å². The topological polar surface area (TPSA) is 85.2 Å². The van der Waals surface area contributed by atoms with Crippen LogP contribution in [0.2, 0.25) is 0 Å². The van der Waals surface area contributed by atoms with Crippen LogP contribution in [0.15, 0.2) is 35.1 Å². The second-order valence-corrected chi connectivity index (χ2v) is 4.36. The summed E-state index contributed by atoms with van der Waals surface area (Å²) in [5, 5.41) is 11.0. The number of benzene rings is 1. The van der Waals surface area contributed by atoms with Crippen molar-refractivity contribution >= 4 is 27.7 Å². The van der Waals surface area contributed by atoms with E-state index >= 15 is 0 Å². The lowest BCUT2D eigenvalue weighted by molar-refractivity contribution is 0.415. The maximum absolute atomic E-state index is 12.7. The van der Waals surface area contributed by atoms with Crippen LogP contribution in [0.5, 0.6) is 5.75 Å². The van der Waals surface area contributed by atoms with E-state index in [2.05, 4.69) is 20.4 Å². The van der Waals surface area contributed by atoms with Crippen molar-refractivity contribution in [1.82, 2.24) is 24.8 Å². The van der Waals surface area contributed by atoms with Crippen molar-refractivity contribution in [2.75, 3.05) is 7.11 Å². The van der Waals surface area contributed by atoms with E-state index in [0.29, 0.717) is 33.5 Å². The number of methoxy groups -OCH3 is 1. The highest BCUT2D eigenvalue weighted by Crippen LogP contribution is 2.18. The molecule has 0 bridgehead atoms. The third kappa shape index (κ3) is 1.34. The van der Waals surface area contributed by atoms with E-state index in [4.69, 9.17) is 4.74 Å². The van der Waals surface area contributed by atoms with E-state index in [1.165, 1.54) is 4.40 Å². The summed E-state index contributed by atoms with van der Waals surface area (Å²) in [6.07, 6.45) is 0. The summed E-state index contributed by atoms with van der Waals surface area (Å²) < 4.78 is 6.60. The lowest BCUT2D eigenvalue weighted by Crippen LogP contribution is -2.16. The number of aromatic amines is 1. The summed E-state index contributed by atoms with van der Waals surface area (Å²) in [6.45, 7) is 0. The lowest BCUT2D eigenvalue weighted by Gasteiger charge is -2.05. The molecule has 0 aliphatic heterocycles. The summed E-state index contributed by atoms with van der Waals surface area (Å²) >= 11 is 0. The molecule has 0 spiro atoms. The summed E-state index contributed by atoms with van der Waals surface area (Å²) in [5.74, 6) is 0.615. The van der Waals surface area contributed by atoms with Gasteiger partial charge in [0.1, 0.15) is 16.9 Å². The van der Waals surface area contributed by atoms with E-state index in [1.54, 1.807) is 37.4 Å². The largest absolute Gasteiger partial charge is 0.497 e. The van der Waals surface area contributed by atoms with Crippen LogP contribution in [0.1, 0.15) is 0 Å². The minimum absolute atomic E-state index is 0.191. The molecule has 0 radical (unpaired) electrons. The van der Waals surface area contributed by atoms with Crippen LogP contribution in [0, 0.1) is 0 Å². The Bertz CT molecular complexity index is 1020. The van der Waals surface area contributed by atoms with Gasteiger partial charge in [0.25, 0.3) is 5.56 Å². The Balaban J connectivity index is 2.28. The summed E-state index contributed by atoms with van der Waals surface area (Å²) in [5.41, 5.74) is 2.05. The summed E-state index contributed by atoms with van der Waals surface area (Å²) in [4.78, 5) is 17.1. The molecule has 3 aromatic heterocycles. The first kappa shape index (κ1) is 10.9. The predicted octanol–water partition coefficient (Wildman–Crippen LogP) is 1.13. The first-order valence-corrected chi connectivity index (χ1v) is 5.98. The van der Waals surface area contributed by atoms with E-state index < -0.39 is 0 Å². The van der Waals surface area contributed by atoms with E-state index in [1.807, 2.05) is 0 Å². The third-order valence-corrected chi connectivity index (χ3v) is 3.26. The van der Waals surface area contributed by atoms with Crippen LogP contribution >= 0.6 is 0 Å². The van der Waals surface area contributed by atoms with E-state index in [-0.39, 0.29) is 5.56 Å². The quantitative estimate of drug-likeness (QED) is 0.522. The van der Waals surface area contributed by atoms with Crippen LogP contribution < -0.4 is 10.3 Å². The van der Waals surface area contributed by atoms with Gasteiger partial charge in [-0.05, 0) is 30.3 Å². The molecule has 7 nitrogen and oxygen atoms in total. The van der Waals surface area contributed by atoms with Crippen molar-refractivity contribution in [3.8, 4) is 5.75 Å². The Kier molecular flexibility index (Phi) is 2.06. The van der Waals surface area contributed by atoms with Crippen molar-refractivity contribution in [2.24, 2.45) is 0 Å². The van der Waals surface area contributed by atoms with Gasteiger partial charge in [-0.15, -0.1) is 5.10 Å². The molecule has 1 N–H and O–H groups in total.